The lowest BCUT2D eigenvalue weighted by Gasteiger charge is -2.29. The van der Waals surface area contributed by atoms with Crippen molar-refractivity contribution in [2.75, 3.05) is 31.8 Å². The number of nitrogens with zero attached hydrogens (tertiary/aromatic N) is 1. The summed E-state index contributed by atoms with van der Waals surface area (Å²) in [6.07, 6.45) is 1.10. The van der Waals surface area contributed by atoms with Gasteiger partial charge in [0.15, 0.2) is 18.1 Å². The maximum absolute atomic E-state index is 12.5. The second-order valence-electron chi connectivity index (χ2n) is 7.10. The van der Waals surface area contributed by atoms with Crippen LogP contribution in [0.1, 0.15) is 38.3 Å². The van der Waals surface area contributed by atoms with Gasteiger partial charge in [-0.2, -0.15) is 0 Å². The summed E-state index contributed by atoms with van der Waals surface area (Å²) >= 11 is 0. The van der Waals surface area contributed by atoms with Crippen LogP contribution in [0.15, 0.2) is 42.5 Å². The van der Waals surface area contributed by atoms with Crippen LogP contribution >= 0.6 is 0 Å². The van der Waals surface area contributed by atoms with Crippen LogP contribution in [0.25, 0.3) is 0 Å². The van der Waals surface area contributed by atoms with Gasteiger partial charge in [-0.25, -0.2) is 0 Å². The van der Waals surface area contributed by atoms with Crippen molar-refractivity contribution in [3.8, 4) is 17.2 Å². The van der Waals surface area contributed by atoms with Gasteiger partial charge >= 0.3 is 0 Å². The average Bonchev–Trinajstić information content (AvgIpc) is 2.76. The molecule has 1 atom stereocenters. The molecule has 1 aliphatic heterocycles. The molecule has 1 aliphatic rings. The van der Waals surface area contributed by atoms with Crippen molar-refractivity contribution in [1.29, 1.82) is 0 Å². The van der Waals surface area contributed by atoms with Gasteiger partial charge in [0.1, 0.15) is 5.75 Å². The maximum Gasteiger partial charge on any atom is 0.265 e. The van der Waals surface area contributed by atoms with Gasteiger partial charge in [0.05, 0.1) is 25.4 Å². The first kappa shape index (κ1) is 21.5. The number of rotatable bonds is 9. The molecule has 0 aliphatic carbocycles. The van der Waals surface area contributed by atoms with Crippen LogP contribution in [-0.2, 0) is 9.59 Å². The zero-order valence-electron chi connectivity index (χ0n) is 17.6. The molecule has 0 saturated heterocycles. The van der Waals surface area contributed by atoms with E-state index in [-0.39, 0.29) is 30.9 Å². The van der Waals surface area contributed by atoms with Gasteiger partial charge in [0.25, 0.3) is 5.91 Å². The van der Waals surface area contributed by atoms with Crippen molar-refractivity contribution in [3.05, 3.63) is 48.0 Å². The first-order valence-corrected chi connectivity index (χ1v) is 10.2. The van der Waals surface area contributed by atoms with E-state index in [1.807, 2.05) is 56.3 Å². The molecule has 1 N–H and O–H groups in total. The molecule has 3 rings (SSSR count). The van der Waals surface area contributed by atoms with E-state index >= 15 is 0 Å². The molecule has 1 unspecified atom stereocenters. The van der Waals surface area contributed by atoms with E-state index in [0.29, 0.717) is 36.1 Å². The van der Waals surface area contributed by atoms with Crippen LogP contribution in [0.3, 0.4) is 0 Å². The molecular formula is C23H28N2O5. The molecule has 0 spiro atoms. The predicted molar refractivity (Wildman–Crippen MR) is 114 cm³/mol. The SMILES string of the molecule is CCCOc1ccc(C(C)NC(=O)CCN2C(=O)COc3ccccc32)cc1OC. The Morgan fingerprint density at radius 3 is 2.80 bits per heavy atom. The third-order valence-corrected chi connectivity index (χ3v) is 4.90. The number of amides is 2. The van der Waals surface area contributed by atoms with Gasteiger partial charge in [-0.3, -0.25) is 9.59 Å². The Morgan fingerprint density at radius 2 is 2.03 bits per heavy atom. The molecule has 0 saturated carbocycles. The van der Waals surface area contributed by atoms with Crippen molar-refractivity contribution in [2.45, 2.75) is 32.7 Å². The number of benzene rings is 2. The fraction of sp³-hybridized carbons (Fsp3) is 0.391. The van der Waals surface area contributed by atoms with Crippen LogP contribution in [0.2, 0.25) is 0 Å². The minimum Gasteiger partial charge on any atom is -0.493 e. The molecule has 0 aromatic heterocycles. The number of hydrogen-bond acceptors (Lipinski definition) is 5. The molecule has 0 bridgehead atoms. The minimum absolute atomic E-state index is 0.0126. The van der Waals surface area contributed by atoms with Crippen LogP contribution in [-0.4, -0.2) is 38.7 Å². The van der Waals surface area contributed by atoms with Crippen molar-refractivity contribution >= 4 is 17.5 Å². The summed E-state index contributed by atoms with van der Waals surface area (Å²) in [5, 5.41) is 2.98. The molecule has 0 fully saturated rings. The monoisotopic (exact) mass is 412 g/mol. The summed E-state index contributed by atoms with van der Waals surface area (Å²) in [7, 11) is 1.60. The quantitative estimate of drug-likeness (QED) is 0.682. The van der Waals surface area contributed by atoms with Crippen LogP contribution < -0.4 is 24.4 Å². The number of fused-ring (bicyclic) bond motifs is 1. The third kappa shape index (κ3) is 5.03. The van der Waals surface area contributed by atoms with Gasteiger partial charge in [-0.15, -0.1) is 0 Å². The Labute approximate surface area is 176 Å². The lowest BCUT2D eigenvalue weighted by molar-refractivity contribution is -0.122. The zero-order valence-corrected chi connectivity index (χ0v) is 17.6. The largest absolute Gasteiger partial charge is 0.493 e. The fourth-order valence-electron chi connectivity index (χ4n) is 3.29. The fourth-order valence-corrected chi connectivity index (χ4v) is 3.29. The van der Waals surface area contributed by atoms with Crippen molar-refractivity contribution in [2.24, 2.45) is 0 Å². The van der Waals surface area contributed by atoms with Gasteiger partial charge in [-0.1, -0.05) is 25.1 Å². The normalized spacial score (nSPS) is 13.8. The molecule has 7 nitrogen and oxygen atoms in total. The highest BCUT2D eigenvalue weighted by Gasteiger charge is 2.25. The molecule has 0 radical (unpaired) electrons. The first-order valence-electron chi connectivity index (χ1n) is 10.2. The van der Waals surface area contributed by atoms with Crippen molar-refractivity contribution < 1.29 is 23.8 Å². The molecule has 2 aromatic rings. The summed E-state index contributed by atoms with van der Waals surface area (Å²) in [6, 6.07) is 12.8. The topological polar surface area (TPSA) is 77.1 Å². The standard InChI is InChI=1S/C23H28N2O5/c1-4-13-29-20-10-9-17(14-21(20)28-3)16(2)24-22(26)11-12-25-18-7-5-6-8-19(18)30-15-23(25)27/h5-10,14,16H,4,11-13,15H2,1-3H3,(H,24,26). The molecule has 30 heavy (non-hydrogen) atoms. The molecule has 160 valence electrons. The Kier molecular flexibility index (Phi) is 7.17. The predicted octanol–water partition coefficient (Wildman–Crippen LogP) is 3.48. The number of ether oxygens (including phenoxy) is 3. The number of methoxy groups -OCH3 is 1. The highest BCUT2D eigenvalue weighted by molar-refractivity contribution is 5.98. The number of para-hydroxylation sites is 2. The van der Waals surface area contributed by atoms with Crippen LogP contribution in [0.4, 0.5) is 5.69 Å². The van der Waals surface area contributed by atoms with Gasteiger partial charge in [-0.05, 0) is 43.2 Å². The minimum atomic E-state index is -0.209. The maximum atomic E-state index is 12.5. The van der Waals surface area contributed by atoms with Crippen LogP contribution in [0, 0.1) is 0 Å². The van der Waals surface area contributed by atoms with E-state index in [1.54, 1.807) is 12.0 Å². The summed E-state index contributed by atoms with van der Waals surface area (Å²) in [5.74, 6) is 1.69. The Hall–Kier alpha value is -3.22. The first-order chi connectivity index (χ1) is 14.5. The Bertz CT molecular complexity index is 899. The number of nitrogens with one attached hydrogen (secondary N) is 1. The highest BCUT2D eigenvalue weighted by atomic mass is 16.5. The molecule has 7 heteroatoms. The number of carbonyl (C=O) groups excluding carboxylic acids is 2. The van der Waals surface area contributed by atoms with Crippen molar-refractivity contribution in [3.63, 3.8) is 0 Å². The zero-order chi connectivity index (χ0) is 21.5. The van der Waals surface area contributed by atoms with Gasteiger partial charge in [0, 0.05) is 13.0 Å². The van der Waals surface area contributed by atoms with Gasteiger partial charge in [0.2, 0.25) is 5.91 Å². The summed E-state index contributed by atoms with van der Waals surface area (Å²) in [6.45, 7) is 4.85. The Balaban J connectivity index is 1.59. The van der Waals surface area contributed by atoms with E-state index in [1.165, 1.54) is 0 Å². The molecular weight excluding hydrogens is 384 g/mol. The van der Waals surface area contributed by atoms with E-state index in [2.05, 4.69) is 5.32 Å². The molecule has 2 aromatic carbocycles. The van der Waals surface area contributed by atoms with E-state index in [9.17, 15) is 9.59 Å². The third-order valence-electron chi connectivity index (χ3n) is 4.90. The second-order valence-corrected chi connectivity index (χ2v) is 7.10. The Morgan fingerprint density at radius 1 is 1.23 bits per heavy atom. The van der Waals surface area contributed by atoms with E-state index in [0.717, 1.165) is 12.0 Å². The van der Waals surface area contributed by atoms with E-state index < -0.39 is 0 Å². The second kappa shape index (κ2) is 10.0. The summed E-state index contributed by atoms with van der Waals surface area (Å²) < 4.78 is 16.5. The molecule has 2 amide bonds. The summed E-state index contributed by atoms with van der Waals surface area (Å²) in [5.41, 5.74) is 1.61. The number of anilines is 1. The average molecular weight is 412 g/mol. The van der Waals surface area contributed by atoms with Crippen molar-refractivity contribution in [1.82, 2.24) is 5.32 Å². The van der Waals surface area contributed by atoms with E-state index in [4.69, 9.17) is 14.2 Å². The number of hydrogen-bond donors (Lipinski definition) is 1. The van der Waals surface area contributed by atoms with Crippen LogP contribution in [0.5, 0.6) is 17.2 Å². The molecule has 1 heterocycles. The lowest BCUT2D eigenvalue weighted by atomic mass is 10.1. The highest BCUT2D eigenvalue weighted by Crippen LogP contribution is 2.32. The lowest BCUT2D eigenvalue weighted by Crippen LogP contribution is -2.41. The smallest absolute Gasteiger partial charge is 0.265 e. The van der Waals surface area contributed by atoms with Gasteiger partial charge < -0.3 is 24.4 Å². The summed E-state index contributed by atoms with van der Waals surface area (Å²) in [4.78, 5) is 26.4. The number of carbonyl (C=O) groups is 2.